The molecule has 0 fully saturated rings. The molecule has 2 rings (SSSR count). The first-order valence-electron chi connectivity index (χ1n) is 11.1. The molecule has 0 aliphatic carbocycles. The molecule has 2 amide bonds. The topological polar surface area (TPSA) is 83.9 Å². The maximum atomic E-state index is 13.2. The summed E-state index contributed by atoms with van der Waals surface area (Å²) >= 11 is 5.99. The first-order valence-corrected chi connectivity index (χ1v) is 11.5. The Balaban J connectivity index is 2.19. The zero-order valence-corrected chi connectivity index (χ0v) is 21.8. The fourth-order valence-electron chi connectivity index (χ4n) is 3.17. The van der Waals surface area contributed by atoms with E-state index in [1.165, 1.54) is 19.2 Å². The van der Waals surface area contributed by atoms with Gasteiger partial charge >= 0.3 is 6.36 Å². The van der Waals surface area contributed by atoms with Crippen molar-refractivity contribution >= 4 is 30.6 Å². The van der Waals surface area contributed by atoms with Gasteiger partial charge in [0, 0.05) is 38.8 Å². The van der Waals surface area contributed by atoms with Crippen molar-refractivity contribution in [2.45, 2.75) is 12.9 Å². The van der Waals surface area contributed by atoms with Gasteiger partial charge in [-0.05, 0) is 36.5 Å². The van der Waals surface area contributed by atoms with Gasteiger partial charge in [0.2, 0.25) is 6.41 Å². The minimum absolute atomic E-state index is 0.00820. The number of hydrogen-bond acceptors (Lipinski definition) is 8. The van der Waals surface area contributed by atoms with Gasteiger partial charge in [-0.1, -0.05) is 29.8 Å². The fraction of sp³-hybridized carbons (Fsp3) is 0.320. The highest BCUT2D eigenvalue weighted by molar-refractivity contribution is 6.30. The van der Waals surface area contributed by atoms with Crippen molar-refractivity contribution in [3.05, 3.63) is 70.6 Å². The lowest BCUT2D eigenvalue weighted by atomic mass is 10.2. The van der Waals surface area contributed by atoms with Gasteiger partial charge in [-0.15, -0.1) is 13.2 Å². The van der Waals surface area contributed by atoms with Crippen LogP contribution in [0.2, 0.25) is 5.02 Å². The van der Waals surface area contributed by atoms with Crippen LogP contribution in [0.3, 0.4) is 0 Å². The molecule has 0 saturated carbocycles. The highest BCUT2D eigenvalue weighted by Gasteiger charge is 2.31. The van der Waals surface area contributed by atoms with Crippen molar-refractivity contribution in [3.8, 4) is 11.5 Å². The second-order valence-corrected chi connectivity index (χ2v) is 8.42. The number of alkyl halides is 3. The molecule has 0 aromatic heterocycles. The van der Waals surface area contributed by atoms with Crippen molar-refractivity contribution in [2.75, 3.05) is 41.1 Å². The van der Waals surface area contributed by atoms with Crippen LogP contribution in [0, 0.1) is 0 Å². The summed E-state index contributed by atoms with van der Waals surface area (Å²) in [5.74, 6) is -0.682. The molecule has 2 aromatic rings. The Morgan fingerprint density at radius 2 is 1.74 bits per heavy atom. The van der Waals surface area contributed by atoms with E-state index in [2.05, 4.69) is 16.4 Å². The highest BCUT2D eigenvalue weighted by Crippen LogP contribution is 2.26. The van der Waals surface area contributed by atoms with E-state index >= 15 is 0 Å². The Kier molecular flexibility index (Phi) is 11.4. The summed E-state index contributed by atoms with van der Waals surface area (Å²) in [7, 11) is 4.66. The Morgan fingerprint density at radius 1 is 1.08 bits per heavy atom. The predicted octanol–water partition coefficient (Wildman–Crippen LogP) is 4.14. The molecule has 0 atom stereocenters. The van der Waals surface area contributed by atoms with Crippen LogP contribution in [0.15, 0.2) is 65.0 Å². The number of ether oxygens (including phenoxy) is 3. The SMILES string of the molecule is C=N/C(=C(/C(=O)N(C)C=O)N(COCCOc1cccc(OC(F)(F)F)c1)Cc1ccc(Cl)cc1)N(C)C. The van der Waals surface area contributed by atoms with E-state index in [0.717, 1.165) is 22.6 Å². The minimum atomic E-state index is -4.82. The van der Waals surface area contributed by atoms with Crippen LogP contribution in [0.1, 0.15) is 5.56 Å². The number of carbonyl (C=O) groups excluding carboxylic acids is 2. The van der Waals surface area contributed by atoms with Gasteiger partial charge in [0.25, 0.3) is 5.91 Å². The van der Waals surface area contributed by atoms with Gasteiger partial charge in [-0.3, -0.25) is 14.5 Å². The number of aliphatic imine (C=N–C) groups is 1. The smallest absolute Gasteiger partial charge is 0.491 e. The van der Waals surface area contributed by atoms with Gasteiger partial charge in [-0.2, -0.15) is 0 Å². The molecular weight excluding hydrogens is 529 g/mol. The van der Waals surface area contributed by atoms with Gasteiger partial charge < -0.3 is 24.0 Å². The molecule has 0 unspecified atom stereocenters. The normalized spacial score (nSPS) is 11.8. The molecule has 0 saturated heterocycles. The number of hydrogen-bond donors (Lipinski definition) is 0. The van der Waals surface area contributed by atoms with E-state index in [1.807, 2.05) is 0 Å². The lowest BCUT2D eigenvalue weighted by molar-refractivity contribution is -0.274. The minimum Gasteiger partial charge on any atom is -0.491 e. The number of likely N-dealkylation sites (N-methyl/N-ethyl adjacent to an activating group) is 1. The van der Waals surface area contributed by atoms with Crippen LogP contribution in [0.5, 0.6) is 11.5 Å². The van der Waals surface area contributed by atoms with Crippen molar-refractivity contribution in [1.82, 2.24) is 14.7 Å². The molecule has 0 bridgehead atoms. The predicted molar refractivity (Wildman–Crippen MR) is 136 cm³/mol. The standard InChI is InChI=1S/C25H28ClF3N4O5/c1-30-23(31(2)3)22(24(35)32(4)16-34)33(15-18-8-10-19(26)11-9-18)17-36-12-13-37-20-6-5-7-21(14-20)38-25(27,28)29/h5-11,14,16H,1,12-13,15,17H2,2-4H3/b23-22+. The largest absolute Gasteiger partial charge is 0.573 e. The van der Waals surface area contributed by atoms with Crippen LogP contribution in [-0.2, 0) is 20.9 Å². The van der Waals surface area contributed by atoms with Crippen LogP contribution >= 0.6 is 11.6 Å². The number of rotatable bonds is 14. The van der Waals surface area contributed by atoms with Crippen LogP contribution in [0.25, 0.3) is 0 Å². The van der Waals surface area contributed by atoms with Crippen molar-refractivity contribution in [1.29, 1.82) is 0 Å². The van der Waals surface area contributed by atoms with Crippen molar-refractivity contribution < 1.29 is 37.0 Å². The molecule has 0 aliphatic heterocycles. The van der Waals surface area contributed by atoms with Gasteiger partial charge in [0.1, 0.15) is 30.5 Å². The van der Waals surface area contributed by atoms with E-state index in [9.17, 15) is 22.8 Å². The molecular formula is C25H28ClF3N4O5. The third-order valence-corrected chi connectivity index (χ3v) is 5.10. The summed E-state index contributed by atoms with van der Waals surface area (Å²) in [4.78, 5) is 32.5. The summed E-state index contributed by atoms with van der Waals surface area (Å²) in [6.07, 6.45) is -4.44. The zero-order chi connectivity index (χ0) is 28.3. The Labute approximate surface area is 223 Å². The average molecular weight is 557 g/mol. The summed E-state index contributed by atoms with van der Waals surface area (Å²) in [5.41, 5.74) is 0.851. The molecule has 9 nitrogen and oxygen atoms in total. The van der Waals surface area contributed by atoms with E-state index in [0.29, 0.717) is 11.4 Å². The van der Waals surface area contributed by atoms with Crippen LogP contribution in [0.4, 0.5) is 13.2 Å². The summed E-state index contributed by atoms with van der Waals surface area (Å²) < 4.78 is 52.4. The number of imide groups is 1. The lowest BCUT2D eigenvalue weighted by Crippen LogP contribution is -2.39. The average Bonchev–Trinajstić information content (AvgIpc) is 2.85. The van der Waals surface area contributed by atoms with E-state index in [4.69, 9.17) is 21.1 Å². The molecule has 206 valence electrons. The first kappa shape index (κ1) is 30.5. The van der Waals surface area contributed by atoms with Crippen LogP contribution < -0.4 is 9.47 Å². The molecule has 0 spiro atoms. The molecule has 13 heteroatoms. The molecule has 2 aromatic carbocycles. The second kappa shape index (κ2) is 14.2. The molecule has 0 N–H and O–H groups in total. The van der Waals surface area contributed by atoms with Crippen molar-refractivity contribution in [2.24, 2.45) is 4.99 Å². The third kappa shape index (κ3) is 9.60. The van der Waals surface area contributed by atoms with E-state index < -0.39 is 18.0 Å². The second-order valence-electron chi connectivity index (χ2n) is 7.98. The Bertz CT molecular complexity index is 1130. The van der Waals surface area contributed by atoms with Crippen LogP contribution in [-0.4, -0.2) is 81.2 Å². The van der Waals surface area contributed by atoms with Gasteiger partial charge in [0.15, 0.2) is 5.82 Å². The van der Waals surface area contributed by atoms with E-state index in [1.54, 1.807) is 48.2 Å². The van der Waals surface area contributed by atoms with Crippen molar-refractivity contribution in [3.63, 3.8) is 0 Å². The summed E-state index contributed by atoms with van der Waals surface area (Å²) in [5, 5.41) is 0.535. The van der Waals surface area contributed by atoms with Gasteiger partial charge in [0.05, 0.1) is 6.61 Å². The van der Waals surface area contributed by atoms with Gasteiger partial charge in [-0.25, -0.2) is 4.99 Å². The number of amides is 2. The number of halogens is 4. The maximum absolute atomic E-state index is 13.2. The molecule has 0 heterocycles. The fourth-order valence-corrected chi connectivity index (χ4v) is 3.30. The Morgan fingerprint density at radius 3 is 2.32 bits per heavy atom. The van der Waals surface area contributed by atoms with E-state index in [-0.39, 0.29) is 43.8 Å². The molecule has 0 aliphatic rings. The maximum Gasteiger partial charge on any atom is 0.573 e. The summed E-state index contributed by atoms with van der Waals surface area (Å²) in [6, 6.07) is 12.0. The number of benzene rings is 2. The quantitative estimate of drug-likeness (QED) is 0.114. The summed E-state index contributed by atoms with van der Waals surface area (Å²) in [6.45, 7) is 3.63. The monoisotopic (exact) mass is 556 g/mol. The lowest BCUT2D eigenvalue weighted by Gasteiger charge is -2.30. The zero-order valence-electron chi connectivity index (χ0n) is 21.1. The third-order valence-electron chi connectivity index (χ3n) is 4.85. The molecule has 38 heavy (non-hydrogen) atoms. The highest BCUT2D eigenvalue weighted by atomic mass is 35.5. The molecule has 0 radical (unpaired) electrons. The Hall–Kier alpha value is -3.77. The number of nitrogens with zero attached hydrogens (tertiary/aromatic N) is 4. The number of carbonyl (C=O) groups is 2. The first-order chi connectivity index (χ1) is 17.9.